The highest BCUT2D eigenvalue weighted by molar-refractivity contribution is 5.59. The van der Waals surface area contributed by atoms with Gasteiger partial charge in [0.05, 0.1) is 27.8 Å². The largest absolute Gasteiger partial charge is 0.417 e. The van der Waals surface area contributed by atoms with E-state index in [9.17, 15) is 65.9 Å². The molecular formula is C17H14F15N. The Labute approximate surface area is 175 Å². The van der Waals surface area contributed by atoms with Gasteiger partial charge in [0, 0.05) is 6.04 Å². The van der Waals surface area contributed by atoms with Crippen molar-refractivity contribution in [2.24, 2.45) is 5.41 Å². The van der Waals surface area contributed by atoms with Crippen molar-refractivity contribution >= 4 is 0 Å². The second kappa shape index (κ2) is 8.12. The molecule has 1 unspecified atom stereocenters. The summed E-state index contributed by atoms with van der Waals surface area (Å²) in [6.45, 7) is 2.60. The number of hydrogen-bond donors (Lipinski definition) is 1. The summed E-state index contributed by atoms with van der Waals surface area (Å²) in [5.74, 6) is 0. The maximum atomic E-state index is 13.7. The van der Waals surface area contributed by atoms with Gasteiger partial charge in [0.15, 0.2) is 0 Å². The zero-order valence-electron chi connectivity index (χ0n) is 16.7. The van der Waals surface area contributed by atoms with E-state index >= 15 is 0 Å². The van der Waals surface area contributed by atoms with Crippen LogP contribution in [0.3, 0.4) is 0 Å². The Hall–Kier alpha value is -1.87. The monoisotopic (exact) mass is 517 g/mol. The fraction of sp³-hybridized carbons (Fsp3) is 0.647. The van der Waals surface area contributed by atoms with Gasteiger partial charge >= 0.3 is 30.9 Å². The van der Waals surface area contributed by atoms with Gasteiger partial charge in [0.2, 0.25) is 0 Å². The molecule has 192 valence electrons. The Bertz CT molecular complexity index is 820. The third-order valence-electron chi connectivity index (χ3n) is 4.40. The van der Waals surface area contributed by atoms with Crippen LogP contribution in [0.25, 0.3) is 0 Å². The van der Waals surface area contributed by atoms with Crippen LogP contribution in [0.15, 0.2) is 0 Å². The average molecular weight is 517 g/mol. The molecule has 0 heterocycles. The van der Waals surface area contributed by atoms with Crippen molar-refractivity contribution in [2.45, 2.75) is 57.7 Å². The van der Waals surface area contributed by atoms with Crippen LogP contribution in [-0.2, 0) is 30.9 Å². The first-order valence-corrected chi connectivity index (χ1v) is 8.45. The topological polar surface area (TPSA) is 12.0 Å². The van der Waals surface area contributed by atoms with Gasteiger partial charge in [-0.2, -0.15) is 65.9 Å². The summed E-state index contributed by atoms with van der Waals surface area (Å²) in [4.78, 5) is 0. The molecule has 0 aliphatic rings. The zero-order chi connectivity index (χ0) is 26.7. The van der Waals surface area contributed by atoms with E-state index in [2.05, 4.69) is 0 Å². The van der Waals surface area contributed by atoms with E-state index in [4.69, 9.17) is 0 Å². The van der Waals surface area contributed by atoms with Gasteiger partial charge < -0.3 is 5.32 Å². The molecule has 1 atom stereocenters. The number of hydrogen-bond acceptors (Lipinski definition) is 1. The summed E-state index contributed by atoms with van der Waals surface area (Å²) in [7, 11) is 0.633. The van der Waals surface area contributed by atoms with Crippen LogP contribution in [0.1, 0.15) is 60.2 Å². The molecule has 1 rings (SSSR count). The third kappa shape index (κ3) is 5.80. The molecule has 1 N–H and O–H groups in total. The van der Waals surface area contributed by atoms with Gasteiger partial charge in [0.25, 0.3) is 0 Å². The smallest absolute Gasteiger partial charge is 0.313 e. The molecule has 0 saturated heterocycles. The van der Waals surface area contributed by atoms with E-state index in [1.54, 1.807) is 5.32 Å². The molecule has 0 bridgehead atoms. The minimum Gasteiger partial charge on any atom is -0.313 e. The van der Waals surface area contributed by atoms with Gasteiger partial charge in [-0.25, -0.2) is 0 Å². The van der Waals surface area contributed by atoms with E-state index in [0.717, 1.165) is 20.8 Å². The maximum absolute atomic E-state index is 13.7. The lowest BCUT2D eigenvalue weighted by Gasteiger charge is -2.38. The van der Waals surface area contributed by atoms with E-state index in [1.165, 1.54) is 0 Å². The molecule has 1 aromatic rings. The molecule has 0 aliphatic carbocycles. The van der Waals surface area contributed by atoms with Crippen molar-refractivity contribution in [3.8, 4) is 0 Å². The minimum absolute atomic E-state index is 0.633. The van der Waals surface area contributed by atoms with Crippen LogP contribution < -0.4 is 5.32 Å². The average Bonchev–Trinajstić information content (AvgIpc) is 2.47. The first kappa shape index (κ1) is 29.2. The Balaban J connectivity index is 4.93. The van der Waals surface area contributed by atoms with E-state index in [0.29, 0.717) is 7.05 Å². The highest BCUT2D eigenvalue weighted by atomic mass is 19.4. The third-order valence-corrected chi connectivity index (χ3v) is 4.40. The Morgan fingerprint density at radius 3 is 0.818 bits per heavy atom. The lowest BCUT2D eigenvalue weighted by atomic mass is 9.74. The van der Waals surface area contributed by atoms with Gasteiger partial charge in [-0.15, -0.1) is 0 Å². The van der Waals surface area contributed by atoms with E-state index < -0.39 is 75.7 Å². The van der Waals surface area contributed by atoms with Crippen LogP contribution in [0, 0.1) is 5.41 Å². The molecule has 0 saturated carbocycles. The van der Waals surface area contributed by atoms with Gasteiger partial charge in [0.1, 0.15) is 0 Å². The van der Waals surface area contributed by atoms with Gasteiger partial charge in [-0.3, -0.25) is 0 Å². The molecule has 0 aromatic heterocycles. The number of halogens is 15. The quantitative estimate of drug-likeness (QED) is 0.391. The van der Waals surface area contributed by atoms with Gasteiger partial charge in [-0.1, -0.05) is 20.8 Å². The van der Waals surface area contributed by atoms with Crippen LogP contribution >= 0.6 is 0 Å². The summed E-state index contributed by atoms with van der Waals surface area (Å²) in [5, 5.41) is 1.78. The van der Waals surface area contributed by atoms with Crippen LogP contribution in [0.4, 0.5) is 65.9 Å². The minimum atomic E-state index is -6.90. The zero-order valence-corrected chi connectivity index (χ0v) is 16.7. The highest BCUT2D eigenvalue weighted by Crippen LogP contribution is 2.58. The van der Waals surface area contributed by atoms with Crippen molar-refractivity contribution < 1.29 is 65.9 Å². The first-order chi connectivity index (χ1) is 14.2. The lowest BCUT2D eigenvalue weighted by molar-refractivity contribution is -0.189. The normalized spacial score (nSPS) is 15.7. The SMILES string of the molecule is CNC(c1c(C(F)(F)F)c(C(F)(F)F)c(C(F)(F)F)c(C(F)(F)F)c1C(F)(F)F)C(C)(C)C. The van der Waals surface area contributed by atoms with Crippen LogP contribution in [-0.4, -0.2) is 7.05 Å². The molecule has 0 fully saturated rings. The molecule has 1 nitrogen and oxygen atoms in total. The predicted octanol–water partition coefficient (Wildman–Crippen LogP) is 8.09. The van der Waals surface area contributed by atoms with Crippen molar-refractivity contribution in [2.75, 3.05) is 7.05 Å². The molecule has 1 aromatic carbocycles. The molecule has 16 heteroatoms. The molecule has 0 radical (unpaired) electrons. The Morgan fingerprint density at radius 2 is 0.667 bits per heavy atom. The van der Waals surface area contributed by atoms with Crippen molar-refractivity contribution in [3.05, 3.63) is 33.4 Å². The Morgan fingerprint density at radius 1 is 0.455 bits per heavy atom. The molecular weight excluding hydrogens is 503 g/mol. The fourth-order valence-corrected chi connectivity index (χ4v) is 3.51. The Kier molecular flexibility index (Phi) is 7.17. The molecule has 33 heavy (non-hydrogen) atoms. The standard InChI is InChI=1S/C17H14F15N/c1-12(2,3)11(33-4)5-6(13(18,19)20)8(15(24,25)26)10(17(30,31)32)9(16(27,28)29)7(5)14(21,22)23/h11,33H,1-4H3. The van der Waals surface area contributed by atoms with Gasteiger partial charge in [-0.05, 0) is 18.0 Å². The second-order valence-corrected chi connectivity index (χ2v) is 7.87. The highest BCUT2D eigenvalue weighted by Gasteiger charge is 2.61. The summed E-state index contributed by atoms with van der Waals surface area (Å²) < 4.78 is 204. The molecule has 0 aliphatic heterocycles. The lowest BCUT2D eigenvalue weighted by Crippen LogP contribution is -2.39. The number of alkyl halides is 15. The summed E-state index contributed by atoms with van der Waals surface area (Å²) >= 11 is 0. The van der Waals surface area contributed by atoms with E-state index in [1.807, 2.05) is 0 Å². The van der Waals surface area contributed by atoms with Crippen molar-refractivity contribution in [3.63, 3.8) is 0 Å². The maximum Gasteiger partial charge on any atom is 0.417 e. The van der Waals surface area contributed by atoms with E-state index in [-0.39, 0.29) is 0 Å². The number of nitrogens with one attached hydrogen (secondary N) is 1. The van der Waals surface area contributed by atoms with Crippen molar-refractivity contribution in [1.29, 1.82) is 0 Å². The first-order valence-electron chi connectivity index (χ1n) is 8.45. The number of rotatable bonds is 2. The molecule has 0 amide bonds. The second-order valence-electron chi connectivity index (χ2n) is 7.87. The van der Waals surface area contributed by atoms with Crippen molar-refractivity contribution in [1.82, 2.24) is 5.32 Å². The van der Waals surface area contributed by atoms with Crippen LogP contribution in [0.2, 0.25) is 0 Å². The number of benzene rings is 1. The predicted molar refractivity (Wildman–Crippen MR) is 82.7 cm³/mol. The fourth-order valence-electron chi connectivity index (χ4n) is 3.51. The van der Waals surface area contributed by atoms with Crippen LogP contribution in [0.5, 0.6) is 0 Å². The molecule has 0 spiro atoms. The summed E-state index contributed by atoms with van der Waals surface area (Å²) in [5.41, 5.74) is -23.5. The summed E-state index contributed by atoms with van der Waals surface area (Å²) in [6.07, 6.45) is -33.6. The summed E-state index contributed by atoms with van der Waals surface area (Å²) in [6, 6.07) is -2.55.